The number of hydrogen-bond donors (Lipinski definition) is 2. The Morgan fingerprint density at radius 1 is 1.33 bits per heavy atom. The Hall–Kier alpha value is -0.130. The van der Waals surface area contributed by atoms with Crippen molar-refractivity contribution in [2.24, 2.45) is 0 Å². The minimum Gasteiger partial charge on any atom is -0.312 e. The second-order valence-corrected chi connectivity index (χ2v) is 5.39. The smallest absolute Gasteiger partial charge is 0.264 e. The van der Waals surface area contributed by atoms with Crippen LogP contribution in [0.4, 0.5) is 0 Å². The minimum atomic E-state index is -3.78. The Kier molecular flexibility index (Phi) is 4.16. The maximum absolute atomic E-state index is 10.3. The van der Waals surface area contributed by atoms with E-state index in [0.717, 1.165) is 0 Å². The Morgan fingerprint density at radius 2 is 1.83 bits per heavy atom. The molecule has 0 unspecified atom stereocenters. The molecular weight excluding hydrogens is 178 g/mol. The van der Waals surface area contributed by atoms with Gasteiger partial charge in [-0.2, -0.15) is 8.42 Å². The van der Waals surface area contributed by atoms with Gasteiger partial charge in [0.2, 0.25) is 0 Å². The van der Waals surface area contributed by atoms with Crippen LogP contribution in [0.3, 0.4) is 0 Å². The lowest BCUT2D eigenvalue weighted by molar-refractivity contribution is 0.422. The zero-order valence-electron chi connectivity index (χ0n) is 7.79. The molecule has 4 nitrogen and oxygen atoms in total. The van der Waals surface area contributed by atoms with E-state index in [4.69, 9.17) is 4.55 Å². The van der Waals surface area contributed by atoms with E-state index in [0.29, 0.717) is 13.0 Å². The maximum Gasteiger partial charge on any atom is 0.264 e. The van der Waals surface area contributed by atoms with Gasteiger partial charge in [-0.25, -0.2) is 0 Å². The highest BCUT2D eigenvalue weighted by atomic mass is 32.2. The van der Waals surface area contributed by atoms with Gasteiger partial charge in [-0.3, -0.25) is 4.55 Å². The second kappa shape index (κ2) is 4.20. The lowest BCUT2D eigenvalue weighted by Crippen LogP contribution is -2.36. The highest BCUT2D eigenvalue weighted by Crippen LogP contribution is 1.98. The summed E-state index contributed by atoms with van der Waals surface area (Å²) in [6.45, 7) is 6.60. The molecule has 0 aromatic heterocycles. The molecule has 0 heterocycles. The van der Waals surface area contributed by atoms with Crippen LogP contribution in [0.2, 0.25) is 0 Å². The van der Waals surface area contributed by atoms with Gasteiger partial charge in [0.15, 0.2) is 0 Å². The molecule has 0 atom stereocenters. The van der Waals surface area contributed by atoms with Crippen molar-refractivity contribution in [3.8, 4) is 0 Å². The lowest BCUT2D eigenvalue weighted by Gasteiger charge is -2.19. The minimum absolute atomic E-state index is 0.000776. The second-order valence-electron chi connectivity index (χ2n) is 3.82. The van der Waals surface area contributed by atoms with Gasteiger partial charge in [0.25, 0.3) is 10.1 Å². The van der Waals surface area contributed by atoms with Crippen LogP contribution in [0.25, 0.3) is 0 Å². The molecule has 0 amide bonds. The summed E-state index contributed by atoms with van der Waals surface area (Å²) in [5.74, 6) is -0.171. The van der Waals surface area contributed by atoms with Gasteiger partial charge in [-0.05, 0) is 33.7 Å². The largest absolute Gasteiger partial charge is 0.312 e. The Labute approximate surface area is 74.1 Å². The van der Waals surface area contributed by atoms with Gasteiger partial charge in [-0.15, -0.1) is 0 Å². The van der Waals surface area contributed by atoms with Crippen molar-refractivity contribution >= 4 is 10.1 Å². The van der Waals surface area contributed by atoms with Crippen LogP contribution in [0.15, 0.2) is 0 Å². The third kappa shape index (κ3) is 9.87. The van der Waals surface area contributed by atoms with Crippen molar-refractivity contribution in [3.05, 3.63) is 0 Å². The molecule has 0 aromatic rings. The zero-order valence-corrected chi connectivity index (χ0v) is 8.61. The molecule has 12 heavy (non-hydrogen) atoms. The number of nitrogens with one attached hydrogen (secondary N) is 1. The van der Waals surface area contributed by atoms with Gasteiger partial charge < -0.3 is 5.32 Å². The third-order valence-corrected chi connectivity index (χ3v) is 2.04. The first-order valence-electron chi connectivity index (χ1n) is 3.91. The van der Waals surface area contributed by atoms with E-state index in [9.17, 15) is 8.42 Å². The van der Waals surface area contributed by atoms with Gasteiger partial charge >= 0.3 is 0 Å². The maximum atomic E-state index is 10.3. The van der Waals surface area contributed by atoms with E-state index in [1.54, 1.807) is 0 Å². The molecule has 0 fully saturated rings. The summed E-state index contributed by atoms with van der Waals surface area (Å²) in [6.07, 6.45) is 0.441. The van der Waals surface area contributed by atoms with E-state index in [1.165, 1.54) is 0 Å². The molecule has 74 valence electrons. The first-order chi connectivity index (χ1) is 5.21. The van der Waals surface area contributed by atoms with Crippen molar-refractivity contribution in [3.63, 3.8) is 0 Å². The van der Waals surface area contributed by atoms with Crippen LogP contribution in [-0.2, 0) is 10.1 Å². The average Bonchev–Trinajstić information content (AvgIpc) is 1.76. The van der Waals surface area contributed by atoms with Gasteiger partial charge in [0.05, 0.1) is 5.75 Å². The molecule has 0 radical (unpaired) electrons. The topological polar surface area (TPSA) is 66.4 Å². The normalized spacial score (nSPS) is 13.3. The van der Waals surface area contributed by atoms with Gasteiger partial charge in [-0.1, -0.05) is 0 Å². The molecule has 0 aliphatic heterocycles. The van der Waals surface area contributed by atoms with Crippen LogP contribution >= 0.6 is 0 Å². The van der Waals surface area contributed by atoms with Crippen LogP contribution in [-0.4, -0.2) is 30.8 Å². The number of rotatable bonds is 4. The molecule has 0 bridgehead atoms. The molecule has 0 spiro atoms. The van der Waals surface area contributed by atoms with Crippen LogP contribution in [0.1, 0.15) is 27.2 Å². The summed E-state index contributed by atoms with van der Waals surface area (Å²) in [7, 11) is -3.78. The molecule has 0 saturated heterocycles. The fourth-order valence-corrected chi connectivity index (χ4v) is 1.23. The summed E-state index contributed by atoms with van der Waals surface area (Å²) in [6, 6.07) is 0. The summed E-state index contributed by atoms with van der Waals surface area (Å²) in [5.41, 5.74) is -0.000776. The van der Waals surface area contributed by atoms with Crippen LogP contribution < -0.4 is 5.32 Å². The van der Waals surface area contributed by atoms with Crippen LogP contribution in [0.5, 0.6) is 0 Å². The molecule has 5 heteroatoms. The van der Waals surface area contributed by atoms with E-state index >= 15 is 0 Å². The van der Waals surface area contributed by atoms with Crippen molar-refractivity contribution in [2.45, 2.75) is 32.7 Å². The summed E-state index contributed by atoms with van der Waals surface area (Å²) in [4.78, 5) is 0. The molecular formula is C7H17NO3S. The van der Waals surface area contributed by atoms with E-state index in [1.807, 2.05) is 20.8 Å². The Morgan fingerprint density at radius 3 is 2.17 bits per heavy atom. The lowest BCUT2D eigenvalue weighted by atomic mass is 10.1. The zero-order chi connectivity index (χ0) is 9.83. The SMILES string of the molecule is CC(C)(C)NCCCS(=O)(=O)O. The monoisotopic (exact) mass is 195 g/mol. The third-order valence-electron chi connectivity index (χ3n) is 1.23. The van der Waals surface area contributed by atoms with E-state index in [2.05, 4.69) is 5.32 Å². The quantitative estimate of drug-likeness (QED) is 0.510. The highest BCUT2D eigenvalue weighted by Gasteiger charge is 2.09. The average molecular weight is 195 g/mol. The molecule has 0 aliphatic rings. The molecule has 0 rings (SSSR count). The first kappa shape index (κ1) is 11.9. The predicted octanol–water partition coefficient (Wildman–Crippen LogP) is 0.652. The summed E-state index contributed by atoms with van der Waals surface area (Å²) in [5, 5.41) is 3.12. The van der Waals surface area contributed by atoms with Crippen molar-refractivity contribution in [2.75, 3.05) is 12.3 Å². The highest BCUT2D eigenvalue weighted by molar-refractivity contribution is 7.85. The van der Waals surface area contributed by atoms with Gasteiger partial charge in [0, 0.05) is 5.54 Å². The van der Waals surface area contributed by atoms with E-state index < -0.39 is 10.1 Å². The molecule has 0 aromatic carbocycles. The summed E-state index contributed by atoms with van der Waals surface area (Å²) < 4.78 is 29.0. The molecule has 0 saturated carbocycles. The van der Waals surface area contributed by atoms with E-state index in [-0.39, 0.29) is 11.3 Å². The Balaban J connectivity index is 3.48. The fourth-order valence-electron chi connectivity index (χ4n) is 0.718. The molecule has 0 aliphatic carbocycles. The first-order valence-corrected chi connectivity index (χ1v) is 5.52. The standard InChI is InChI=1S/C7H17NO3S/c1-7(2,3)8-5-4-6-12(9,10)11/h8H,4-6H2,1-3H3,(H,9,10,11). The van der Waals surface area contributed by atoms with Crippen molar-refractivity contribution in [1.82, 2.24) is 5.32 Å². The fraction of sp³-hybridized carbons (Fsp3) is 1.00. The summed E-state index contributed by atoms with van der Waals surface area (Å²) >= 11 is 0. The van der Waals surface area contributed by atoms with Crippen LogP contribution in [0, 0.1) is 0 Å². The number of hydrogen-bond acceptors (Lipinski definition) is 3. The predicted molar refractivity (Wildman–Crippen MR) is 48.8 cm³/mol. The van der Waals surface area contributed by atoms with Crippen molar-refractivity contribution < 1.29 is 13.0 Å². The van der Waals surface area contributed by atoms with Crippen molar-refractivity contribution in [1.29, 1.82) is 0 Å². The Bertz CT molecular complexity index is 215. The molecule has 2 N–H and O–H groups in total. The van der Waals surface area contributed by atoms with Gasteiger partial charge in [0.1, 0.15) is 0 Å².